The number of anilines is 1. The number of amides is 1. The maximum Gasteiger partial charge on any atom is 0.284 e. The first-order valence-corrected chi connectivity index (χ1v) is 4.30. The summed E-state index contributed by atoms with van der Waals surface area (Å²) in [4.78, 5) is 15.1. The molecule has 0 atom stereocenters. The predicted octanol–water partition coefficient (Wildman–Crippen LogP) is 0.473. The van der Waals surface area contributed by atoms with E-state index >= 15 is 0 Å². The van der Waals surface area contributed by atoms with E-state index < -0.39 is 5.91 Å². The van der Waals surface area contributed by atoms with Gasteiger partial charge in [-0.05, 0) is 18.2 Å². The summed E-state index contributed by atoms with van der Waals surface area (Å²) in [6.07, 6.45) is 0. The van der Waals surface area contributed by atoms with Crippen LogP contribution in [0, 0.1) is 0 Å². The van der Waals surface area contributed by atoms with E-state index in [0.29, 0.717) is 11.2 Å². The summed E-state index contributed by atoms with van der Waals surface area (Å²) in [5.74, 6) is -0.382. The number of carbonyl (C=O) groups excluding carboxylic acids is 1. The molecule has 1 aromatic heterocycles. The average Bonchev–Trinajstić information content (AvgIpc) is 2.55. The van der Waals surface area contributed by atoms with E-state index in [4.69, 9.17) is 10.9 Å². The molecule has 2 aromatic rings. The number of hydrogen-bond acceptors (Lipinski definition) is 4. The van der Waals surface area contributed by atoms with E-state index in [-0.39, 0.29) is 5.82 Å². The second-order valence-corrected chi connectivity index (χ2v) is 3.17. The fraction of sp³-hybridized carbons (Fsp3) is 0.111. The molecule has 78 valence electrons. The van der Waals surface area contributed by atoms with Gasteiger partial charge in [-0.25, -0.2) is 4.98 Å². The van der Waals surface area contributed by atoms with Crippen LogP contribution in [0.1, 0.15) is 10.6 Å². The normalized spacial score (nSPS) is 10.5. The molecule has 0 spiro atoms. The minimum absolute atomic E-state index is 0.195. The second kappa shape index (κ2) is 3.25. The van der Waals surface area contributed by atoms with E-state index in [1.54, 1.807) is 29.8 Å². The monoisotopic (exact) mass is 206 g/mol. The van der Waals surface area contributed by atoms with Crippen molar-refractivity contribution in [2.45, 2.75) is 0 Å². The molecule has 0 bridgehead atoms. The Labute approximate surface area is 85.3 Å². The minimum Gasteiger partial charge on any atom is -0.363 e. The van der Waals surface area contributed by atoms with Gasteiger partial charge in [-0.1, -0.05) is 0 Å². The summed E-state index contributed by atoms with van der Waals surface area (Å²) in [6.45, 7) is 0. The highest BCUT2D eigenvalue weighted by molar-refractivity contribution is 5.94. The SMILES string of the molecule is Cn1c(C(N)=O)nc2cc(NO)ccc21. The van der Waals surface area contributed by atoms with Crippen molar-refractivity contribution in [3.05, 3.63) is 24.0 Å². The predicted molar refractivity (Wildman–Crippen MR) is 54.6 cm³/mol. The van der Waals surface area contributed by atoms with Crippen molar-refractivity contribution in [3.63, 3.8) is 0 Å². The molecule has 6 nitrogen and oxygen atoms in total. The summed E-state index contributed by atoms with van der Waals surface area (Å²) < 4.78 is 1.61. The Kier molecular flexibility index (Phi) is 2.05. The quantitative estimate of drug-likeness (QED) is 0.623. The van der Waals surface area contributed by atoms with Crippen LogP contribution in [0.2, 0.25) is 0 Å². The second-order valence-electron chi connectivity index (χ2n) is 3.17. The molecule has 1 amide bonds. The number of imidazole rings is 1. The first-order chi connectivity index (χ1) is 7.13. The molecule has 0 aliphatic carbocycles. The number of benzene rings is 1. The molecule has 2 rings (SSSR count). The lowest BCUT2D eigenvalue weighted by Gasteiger charge is -1.99. The van der Waals surface area contributed by atoms with Crippen LogP contribution in [0.3, 0.4) is 0 Å². The van der Waals surface area contributed by atoms with E-state index in [1.165, 1.54) is 0 Å². The third-order valence-electron chi connectivity index (χ3n) is 2.23. The Hall–Kier alpha value is -2.08. The lowest BCUT2D eigenvalue weighted by atomic mass is 10.3. The third kappa shape index (κ3) is 1.40. The lowest BCUT2D eigenvalue weighted by Crippen LogP contribution is -2.16. The van der Waals surface area contributed by atoms with E-state index in [1.807, 2.05) is 5.48 Å². The van der Waals surface area contributed by atoms with E-state index in [2.05, 4.69) is 4.98 Å². The van der Waals surface area contributed by atoms with Crippen molar-refractivity contribution in [3.8, 4) is 0 Å². The molecule has 1 aromatic carbocycles. The smallest absolute Gasteiger partial charge is 0.284 e. The first kappa shape index (κ1) is 9.47. The van der Waals surface area contributed by atoms with Crippen LogP contribution in [-0.2, 0) is 7.05 Å². The van der Waals surface area contributed by atoms with Gasteiger partial charge in [0.15, 0.2) is 5.82 Å². The Morgan fingerprint density at radius 3 is 2.93 bits per heavy atom. The molecule has 6 heteroatoms. The number of hydrogen-bond donors (Lipinski definition) is 3. The van der Waals surface area contributed by atoms with Crippen LogP contribution in [0.15, 0.2) is 18.2 Å². The van der Waals surface area contributed by atoms with Gasteiger partial charge in [0.1, 0.15) is 0 Å². The minimum atomic E-state index is -0.577. The number of primary amides is 1. The number of fused-ring (bicyclic) bond motifs is 1. The molecule has 4 N–H and O–H groups in total. The molecule has 0 saturated carbocycles. The molecule has 0 radical (unpaired) electrons. The zero-order valence-corrected chi connectivity index (χ0v) is 8.06. The van der Waals surface area contributed by atoms with Crippen LogP contribution in [0.5, 0.6) is 0 Å². The number of carbonyl (C=O) groups is 1. The maximum absolute atomic E-state index is 11.0. The Morgan fingerprint density at radius 2 is 2.33 bits per heavy atom. The van der Waals surface area contributed by atoms with Crippen molar-refractivity contribution in [2.75, 3.05) is 5.48 Å². The molecule has 1 heterocycles. The van der Waals surface area contributed by atoms with Gasteiger partial charge in [-0.15, -0.1) is 0 Å². The van der Waals surface area contributed by atoms with E-state index in [0.717, 1.165) is 5.52 Å². The van der Waals surface area contributed by atoms with Gasteiger partial charge in [0.25, 0.3) is 5.91 Å². The van der Waals surface area contributed by atoms with Crippen LogP contribution in [0.25, 0.3) is 11.0 Å². The maximum atomic E-state index is 11.0. The summed E-state index contributed by atoms with van der Waals surface area (Å²) in [7, 11) is 1.71. The number of nitrogens with one attached hydrogen (secondary N) is 1. The topological polar surface area (TPSA) is 93.2 Å². The van der Waals surface area contributed by atoms with Gasteiger partial charge in [0.2, 0.25) is 0 Å². The van der Waals surface area contributed by atoms with Crippen molar-refractivity contribution < 1.29 is 10.0 Å². The number of aryl methyl sites for hydroxylation is 1. The van der Waals surface area contributed by atoms with Gasteiger partial charge in [-0.3, -0.25) is 15.5 Å². The summed E-state index contributed by atoms with van der Waals surface area (Å²) in [6, 6.07) is 5.05. The zero-order valence-electron chi connectivity index (χ0n) is 8.06. The molecule has 0 saturated heterocycles. The largest absolute Gasteiger partial charge is 0.363 e. The van der Waals surface area contributed by atoms with Gasteiger partial charge in [-0.2, -0.15) is 0 Å². The fourth-order valence-corrected chi connectivity index (χ4v) is 1.49. The molecule has 0 aliphatic rings. The highest BCUT2D eigenvalue weighted by Crippen LogP contribution is 2.18. The van der Waals surface area contributed by atoms with Crippen molar-refractivity contribution >= 4 is 22.6 Å². The zero-order chi connectivity index (χ0) is 11.0. The fourth-order valence-electron chi connectivity index (χ4n) is 1.49. The van der Waals surface area contributed by atoms with Gasteiger partial charge in [0.05, 0.1) is 16.7 Å². The van der Waals surface area contributed by atoms with Gasteiger partial charge < -0.3 is 10.3 Å². The average molecular weight is 206 g/mol. The highest BCUT2D eigenvalue weighted by atomic mass is 16.5. The van der Waals surface area contributed by atoms with Gasteiger partial charge >= 0.3 is 0 Å². The highest BCUT2D eigenvalue weighted by Gasteiger charge is 2.12. The lowest BCUT2D eigenvalue weighted by molar-refractivity contribution is 0.0988. The first-order valence-electron chi connectivity index (χ1n) is 4.30. The van der Waals surface area contributed by atoms with Crippen LogP contribution in [0.4, 0.5) is 5.69 Å². The number of aromatic nitrogens is 2. The number of nitrogens with two attached hydrogens (primary N) is 1. The Bertz CT molecular complexity index is 532. The number of nitrogens with zero attached hydrogens (tertiary/aromatic N) is 2. The standard InChI is InChI=1S/C9H10N4O2/c1-13-7-3-2-5(12-15)4-6(7)11-9(13)8(10)14/h2-4,12,15H,1H3,(H2,10,14). The van der Waals surface area contributed by atoms with Crippen LogP contribution < -0.4 is 11.2 Å². The molecular weight excluding hydrogens is 196 g/mol. The number of rotatable bonds is 2. The molecular formula is C9H10N4O2. The molecule has 15 heavy (non-hydrogen) atoms. The van der Waals surface area contributed by atoms with Crippen LogP contribution in [-0.4, -0.2) is 20.7 Å². The molecule has 0 fully saturated rings. The van der Waals surface area contributed by atoms with Crippen LogP contribution >= 0.6 is 0 Å². The summed E-state index contributed by atoms with van der Waals surface area (Å²) >= 11 is 0. The summed E-state index contributed by atoms with van der Waals surface area (Å²) in [5.41, 5.74) is 9.07. The summed E-state index contributed by atoms with van der Waals surface area (Å²) in [5, 5.41) is 8.71. The van der Waals surface area contributed by atoms with E-state index in [9.17, 15) is 4.79 Å². The molecule has 0 aliphatic heterocycles. The van der Waals surface area contributed by atoms with Gasteiger partial charge in [0, 0.05) is 7.05 Å². The Balaban J connectivity index is 2.70. The van der Waals surface area contributed by atoms with Crippen molar-refractivity contribution in [1.29, 1.82) is 0 Å². The Morgan fingerprint density at radius 1 is 1.60 bits per heavy atom. The van der Waals surface area contributed by atoms with Crippen molar-refractivity contribution in [2.24, 2.45) is 12.8 Å². The van der Waals surface area contributed by atoms with Crippen molar-refractivity contribution in [1.82, 2.24) is 9.55 Å². The third-order valence-corrected chi connectivity index (χ3v) is 2.23. The molecule has 0 unspecified atom stereocenters.